The molecule has 0 saturated carbocycles. The smallest absolute Gasteiger partial charge is 0.265 e. The average Bonchev–Trinajstić information content (AvgIpc) is 2.54. The summed E-state index contributed by atoms with van der Waals surface area (Å²) < 4.78 is 10.8. The number of carbonyl (C=O) groups excluding carboxylic acids is 1. The minimum Gasteiger partial charge on any atom is -0.495 e. The highest BCUT2D eigenvalue weighted by Gasteiger charge is 2.20. The Morgan fingerprint density at radius 1 is 1.13 bits per heavy atom. The zero-order chi connectivity index (χ0) is 16.8. The molecule has 0 aliphatic carbocycles. The number of rotatable bonds is 6. The van der Waals surface area contributed by atoms with Crippen LogP contribution in [0, 0.1) is 0 Å². The van der Waals surface area contributed by atoms with E-state index >= 15 is 0 Å². The van der Waals surface area contributed by atoms with Crippen molar-refractivity contribution < 1.29 is 14.3 Å². The number of benzene rings is 2. The molecular weight excluding hydrogens is 337 g/mol. The molecule has 1 unspecified atom stereocenters. The Kier molecular flexibility index (Phi) is 6.13. The number of methoxy groups -OCH3 is 1. The van der Waals surface area contributed by atoms with E-state index in [1.807, 2.05) is 6.92 Å². The predicted octanol–water partition coefficient (Wildman–Crippen LogP) is 4.80. The second kappa shape index (κ2) is 8.09. The van der Waals surface area contributed by atoms with Crippen LogP contribution >= 0.6 is 23.2 Å². The van der Waals surface area contributed by atoms with Crippen molar-refractivity contribution in [2.45, 2.75) is 19.4 Å². The molecule has 0 aliphatic heterocycles. The van der Waals surface area contributed by atoms with Crippen molar-refractivity contribution in [3.05, 3.63) is 52.5 Å². The molecule has 6 heteroatoms. The highest BCUT2D eigenvalue weighted by molar-refractivity contribution is 6.32. The lowest BCUT2D eigenvalue weighted by Crippen LogP contribution is -2.32. The van der Waals surface area contributed by atoms with Gasteiger partial charge in [0.25, 0.3) is 5.91 Å². The summed E-state index contributed by atoms with van der Waals surface area (Å²) in [5.41, 5.74) is 0.571. The van der Waals surface area contributed by atoms with Crippen molar-refractivity contribution in [3.63, 3.8) is 0 Å². The molecule has 0 spiro atoms. The minimum atomic E-state index is -0.657. The number of halogens is 2. The van der Waals surface area contributed by atoms with Crippen molar-refractivity contribution in [3.8, 4) is 11.5 Å². The first-order valence-electron chi connectivity index (χ1n) is 7.10. The third-order valence-electron chi connectivity index (χ3n) is 3.19. The second-order valence-electron chi connectivity index (χ2n) is 4.78. The first-order chi connectivity index (χ1) is 11.0. The minimum absolute atomic E-state index is 0.270. The Labute approximate surface area is 145 Å². The molecule has 2 rings (SSSR count). The van der Waals surface area contributed by atoms with Gasteiger partial charge >= 0.3 is 0 Å². The molecule has 0 heterocycles. The van der Waals surface area contributed by atoms with E-state index < -0.39 is 6.10 Å². The standard InChI is InChI=1S/C17H17Cl2NO3/c1-3-14(23-16-7-5-4-6-12(16)18)17(21)20-11-8-9-15(22-2)13(19)10-11/h4-10,14H,3H2,1-2H3,(H,20,21). The lowest BCUT2D eigenvalue weighted by molar-refractivity contribution is -0.122. The molecular formula is C17H17Cl2NO3. The maximum Gasteiger partial charge on any atom is 0.265 e. The fourth-order valence-corrected chi connectivity index (χ4v) is 2.42. The SMILES string of the molecule is CCC(Oc1ccccc1Cl)C(=O)Nc1ccc(OC)c(Cl)c1. The van der Waals surface area contributed by atoms with Crippen LogP contribution in [0.1, 0.15) is 13.3 Å². The van der Waals surface area contributed by atoms with E-state index in [1.165, 1.54) is 7.11 Å². The first kappa shape index (κ1) is 17.4. The van der Waals surface area contributed by atoms with Crippen LogP contribution in [0.15, 0.2) is 42.5 Å². The Hall–Kier alpha value is -1.91. The third kappa shape index (κ3) is 4.53. The van der Waals surface area contributed by atoms with Gasteiger partial charge in [0.15, 0.2) is 6.10 Å². The van der Waals surface area contributed by atoms with Gasteiger partial charge < -0.3 is 14.8 Å². The highest BCUT2D eigenvalue weighted by Crippen LogP contribution is 2.28. The molecule has 0 saturated heterocycles. The Morgan fingerprint density at radius 2 is 1.87 bits per heavy atom. The summed E-state index contributed by atoms with van der Waals surface area (Å²) in [5.74, 6) is 0.751. The largest absolute Gasteiger partial charge is 0.495 e. The average molecular weight is 354 g/mol. The van der Waals surface area contributed by atoms with Crippen molar-refractivity contribution in [2.24, 2.45) is 0 Å². The van der Waals surface area contributed by atoms with Crippen molar-refractivity contribution in [1.29, 1.82) is 0 Å². The zero-order valence-corrected chi connectivity index (χ0v) is 14.3. The van der Waals surface area contributed by atoms with Crippen LogP contribution in [0.3, 0.4) is 0 Å². The first-order valence-corrected chi connectivity index (χ1v) is 7.86. The Bertz CT molecular complexity index is 691. The summed E-state index contributed by atoms with van der Waals surface area (Å²) in [6.07, 6.45) is -0.156. The van der Waals surface area contributed by atoms with Crippen LogP contribution in [0.5, 0.6) is 11.5 Å². The predicted molar refractivity (Wildman–Crippen MR) is 92.8 cm³/mol. The van der Waals surface area contributed by atoms with Gasteiger partial charge in [0, 0.05) is 5.69 Å². The van der Waals surface area contributed by atoms with Gasteiger partial charge in [0.1, 0.15) is 11.5 Å². The number of para-hydroxylation sites is 1. The summed E-state index contributed by atoms with van der Waals surface area (Å²) in [7, 11) is 1.53. The normalized spacial score (nSPS) is 11.7. The van der Waals surface area contributed by atoms with Gasteiger partial charge in [-0.1, -0.05) is 42.3 Å². The molecule has 1 N–H and O–H groups in total. The number of anilines is 1. The van der Waals surface area contributed by atoms with E-state index in [2.05, 4.69) is 5.32 Å². The van der Waals surface area contributed by atoms with Crippen LogP contribution in [0.2, 0.25) is 10.0 Å². The van der Waals surface area contributed by atoms with Crippen molar-refractivity contribution in [1.82, 2.24) is 0 Å². The Morgan fingerprint density at radius 3 is 2.48 bits per heavy atom. The summed E-state index contributed by atoms with van der Waals surface area (Å²) in [4.78, 5) is 12.4. The number of amides is 1. The number of hydrogen-bond acceptors (Lipinski definition) is 3. The van der Waals surface area contributed by atoms with Gasteiger partial charge in [0.05, 0.1) is 17.2 Å². The van der Waals surface area contributed by atoms with E-state index in [0.29, 0.717) is 33.7 Å². The molecule has 1 amide bonds. The molecule has 2 aromatic carbocycles. The maximum atomic E-state index is 12.4. The van der Waals surface area contributed by atoms with Crippen LogP contribution in [-0.4, -0.2) is 19.1 Å². The van der Waals surface area contributed by atoms with Gasteiger partial charge in [-0.3, -0.25) is 4.79 Å². The van der Waals surface area contributed by atoms with Crippen molar-refractivity contribution >= 4 is 34.8 Å². The third-order valence-corrected chi connectivity index (χ3v) is 3.80. The zero-order valence-electron chi connectivity index (χ0n) is 12.8. The lowest BCUT2D eigenvalue weighted by atomic mass is 10.2. The molecule has 0 aliphatic rings. The molecule has 0 fully saturated rings. The van der Waals surface area contributed by atoms with Crippen LogP contribution in [-0.2, 0) is 4.79 Å². The highest BCUT2D eigenvalue weighted by atomic mass is 35.5. The fraction of sp³-hybridized carbons (Fsp3) is 0.235. The van der Waals surface area contributed by atoms with Crippen LogP contribution < -0.4 is 14.8 Å². The number of hydrogen-bond donors (Lipinski definition) is 1. The van der Waals surface area contributed by atoms with Gasteiger partial charge in [-0.05, 0) is 36.8 Å². The summed E-state index contributed by atoms with van der Waals surface area (Å²) in [5, 5.41) is 3.66. The molecule has 0 radical (unpaired) electrons. The topological polar surface area (TPSA) is 47.6 Å². The van der Waals surface area contributed by atoms with Crippen LogP contribution in [0.4, 0.5) is 5.69 Å². The molecule has 122 valence electrons. The number of nitrogens with one attached hydrogen (secondary N) is 1. The number of carbonyl (C=O) groups is 1. The molecule has 1 atom stereocenters. The summed E-state index contributed by atoms with van der Waals surface area (Å²) in [6.45, 7) is 1.86. The fourth-order valence-electron chi connectivity index (χ4n) is 1.98. The second-order valence-corrected chi connectivity index (χ2v) is 5.60. The summed E-state index contributed by atoms with van der Waals surface area (Å²) in [6, 6.07) is 12.1. The monoisotopic (exact) mass is 353 g/mol. The van der Waals surface area contributed by atoms with E-state index in [0.717, 1.165) is 0 Å². The number of ether oxygens (including phenoxy) is 2. The van der Waals surface area contributed by atoms with Gasteiger partial charge in [-0.15, -0.1) is 0 Å². The molecule has 23 heavy (non-hydrogen) atoms. The van der Waals surface area contributed by atoms with E-state index in [9.17, 15) is 4.79 Å². The lowest BCUT2D eigenvalue weighted by Gasteiger charge is -2.18. The molecule has 2 aromatic rings. The van der Waals surface area contributed by atoms with Crippen molar-refractivity contribution in [2.75, 3.05) is 12.4 Å². The maximum absolute atomic E-state index is 12.4. The van der Waals surface area contributed by atoms with Crippen LogP contribution in [0.25, 0.3) is 0 Å². The van der Waals surface area contributed by atoms with E-state index in [-0.39, 0.29) is 5.91 Å². The van der Waals surface area contributed by atoms with Gasteiger partial charge in [-0.2, -0.15) is 0 Å². The molecule has 4 nitrogen and oxygen atoms in total. The van der Waals surface area contributed by atoms with Gasteiger partial charge in [-0.25, -0.2) is 0 Å². The van der Waals surface area contributed by atoms with E-state index in [1.54, 1.807) is 42.5 Å². The quantitative estimate of drug-likeness (QED) is 0.811. The summed E-state index contributed by atoms with van der Waals surface area (Å²) >= 11 is 12.1. The van der Waals surface area contributed by atoms with Gasteiger partial charge in [0.2, 0.25) is 0 Å². The molecule has 0 aromatic heterocycles. The Balaban J connectivity index is 2.08. The molecule has 0 bridgehead atoms. The van der Waals surface area contributed by atoms with E-state index in [4.69, 9.17) is 32.7 Å².